The van der Waals surface area contributed by atoms with Gasteiger partial charge in [-0.1, -0.05) is 20.8 Å². The van der Waals surface area contributed by atoms with Crippen LogP contribution in [0.5, 0.6) is 0 Å². The summed E-state index contributed by atoms with van der Waals surface area (Å²) in [7, 11) is 0. The summed E-state index contributed by atoms with van der Waals surface area (Å²) in [6.07, 6.45) is 1.35. The fourth-order valence-corrected chi connectivity index (χ4v) is 1.43. The number of carbonyl (C=O) groups excluding carboxylic acids is 2. The third-order valence-corrected chi connectivity index (χ3v) is 3.26. The summed E-state index contributed by atoms with van der Waals surface area (Å²) in [6, 6.07) is 0. The zero-order valence-electron chi connectivity index (χ0n) is 10.8. The Morgan fingerprint density at radius 2 is 1.41 bits per heavy atom. The van der Waals surface area contributed by atoms with E-state index in [4.69, 9.17) is 21.1 Å². The van der Waals surface area contributed by atoms with E-state index in [-0.39, 0.29) is 31.0 Å². The van der Waals surface area contributed by atoms with Gasteiger partial charge in [0.25, 0.3) is 0 Å². The molecule has 0 amide bonds. The molecule has 0 atom stereocenters. The lowest BCUT2D eigenvalue weighted by atomic mass is 9.89. The van der Waals surface area contributed by atoms with Crippen molar-refractivity contribution >= 4 is 23.5 Å². The molecule has 0 aromatic carbocycles. The predicted octanol–water partition coefficient (Wildman–Crippen LogP) is 2.53. The Labute approximate surface area is 108 Å². The van der Waals surface area contributed by atoms with Crippen molar-refractivity contribution in [1.29, 1.82) is 0 Å². The topological polar surface area (TPSA) is 52.6 Å². The second-order valence-electron chi connectivity index (χ2n) is 4.02. The molecule has 0 aromatic rings. The maximum Gasteiger partial charge on any atom is 0.305 e. The molecule has 0 heterocycles. The quantitative estimate of drug-likeness (QED) is 0.499. The van der Waals surface area contributed by atoms with Crippen molar-refractivity contribution in [2.75, 3.05) is 19.1 Å². The zero-order chi connectivity index (χ0) is 13.3. The van der Waals surface area contributed by atoms with E-state index >= 15 is 0 Å². The smallest absolute Gasteiger partial charge is 0.305 e. The van der Waals surface area contributed by atoms with Gasteiger partial charge in [0, 0.05) is 18.7 Å². The van der Waals surface area contributed by atoms with Crippen LogP contribution in [0.25, 0.3) is 0 Å². The van der Waals surface area contributed by atoms with E-state index in [9.17, 15) is 9.59 Å². The lowest BCUT2D eigenvalue weighted by Gasteiger charge is -2.29. The summed E-state index contributed by atoms with van der Waals surface area (Å²) >= 11 is 5.90. The fraction of sp³-hybridized carbons (Fsp3) is 0.833. The molecule has 17 heavy (non-hydrogen) atoms. The summed E-state index contributed by atoms with van der Waals surface area (Å²) in [6.45, 7) is 5.77. The molecule has 100 valence electrons. The molecule has 0 bridgehead atoms. The number of alkyl halides is 1. The van der Waals surface area contributed by atoms with Crippen molar-refractivity contribution in [2.45, 2.75) is 40.0 Å². The van der Waals surface area contributed by atoms with Gasteiger partial charge in [-0.3, -0.25) is 9.59 Å². The first kappa shape index (κ1) is 16.2. The van der Waals surface area contributed by atoms with Crippen molar-refractivity contribution in [1.82, 2.24) is 0 Å². The van der Waals surface area contributed by atoms with Gasteiger partial charge in [-0.25, -0.2) is 0 Å². The SMILES string of the molecule is CCC(=O)OCC(CC)(CCl)COC(=O)CC. The van der Waals surface area contributed by atoms with E-state index < -0.39 is 5.41 Å². The number of hydrogen-bond donors (Lipinski definition) is 0. The Hall–Kier alpha value is -0.770. The lowest BCUT2D eigenvalue weighted by molar-refractivity contribution is -0.152. The third kappa shape index (κ3) is 5.91. The van der Waals surface area contributed by atoms with Crippen LogP contribution in [-0.2, 0) is 19.1 Å². The van der Waals surface area contributed by atoms with E-state index in [1.54, 1.807) is 13.8 Å². The average molecular weight is 265 g/mol. The summed E-state index contributed by atoms with van der Waals surface area (Å²) in [5.41, 5.74) is -0.475. The van der Waals surface area contributed by atoms with Gasteiger partial charge in [-0.15, -0.1) is 11.6 Å². The van der Waals surface area contributed by atoms with E-state index in [1.807, 2.05) is 6.92 Å². The molecule has 0 unspecified atom stereocenters. The van der Waals surface area contributed by atoms with Crippen LogP contribution in [0, 0.1) is 5.41 Å². The highest BCUT2D eigenvalue weighted by Crippen LogP contribution is 2.25. The van der Waals surface area contributed by atoms with E-state index in [0.717, 1.165) is 0 Å². The number of esters is 2. The van der Waals surface area contributed by atoms with Gasteiger partial charge in [0.05, 0.1) is 5.41 Å². The van der Waals surface area contributed by atoms with Crippen LogP contribution in [0.3, 0.4) is 0 Å². The minimum Gasteiger partial charge on any atom is -0.465 e. The Bertz CT molecular complexity index is 227. The van der Waals surface area contributed by atoms with Gasteiger partial charge in [0.15, 0.2) is 0 Å². The van der Waals surface area contributed by atoms with Crippen LogP contribution in [0.1, 0.15) is 40.0 Å². The molecule has 0 N–H and O–H groups in total. The monoisotopic (exact) mass is 264 g/mol. The van der Waals surface area contributed by atoms with Crippen LogP contribution in [0.15, 0.2) is 0 Å². The van der Waals surface area contributed by atoms with Crippen molar-refractivity contribution < 1.29 is 19.1 Å². The van der Waals surface area contributed by atoms with Gasteiger partial charge in [0.2, 0.25) is 0 Å². The average Bonchev–Trinajstić information content (AvgIpc) is 2.38. The van der Waals surface area contributed by atoms with Crippen LogP contribution in [0.2, 0.25) is 0 Å². The molecule has 0 saturated heterocycles. The molecule has 0 aliphatic heterocycles. The summed E-state index contributed by atoms with van der Waals surface area (Å²) in [4.78, 5) is 22.2. The zero-order valence-corrected chi connectivity index (χ0v) is 11.5. The molecule has 5 heteroatoms. The van der Waals surface area contributed by atoms with E-state index in [0.29, 0.717) is 19.3 Å². The molecule has 0 aliphatic rings. The third-order valence-electron chi connectivity index (χ3n) is 2.69. The molecule has 0 saturated carbocycles. The number of halogens is 1. The Morgan fingerprint density at radius 3 is 1.65 bits per heavy atom. The Kier molecular flexibility index (Phi) is 7.96. The van der Waals surface area contributed by atoms with Crippen LogP contribution >= 0.6 is 11.6 Å². The standard InChI is InChI=1S/C12H21ClO4/c1-4-10(14)16-8-12(6-3,7-13)9-17-11(15)5-2/h4-9H2,1-3H3. The highest BCUT2D eigenvalue weighted by Gasteiger charge is 2.31. The van der Waals surface area contributed by atoms with Gasteiger partial charge in [-0.2, -0.15) is 0 Å². The van der Waals surface area contributed by atoms with Gasteiger partial charge in [0.1, 0.15) is 13.2 Å². The maximum absolute atomic E-state index is 11.1. The van der Waals surface area contributed by atoms with Crippen LogP contribution < -0.4 is 0 Å². The molecule has 0 radical (unpaired) electrons. The summed E-state index contributed by atoms with van der Waals surface area (Å²) in [5.74, 6) is -0.248. The normalized spacial score (nSPS) is 11.1. The second-order valence-corrected chi connectivity index (χ2v) is 4.28. The summed E-state index contributed by atoms with van der Waals surface area (Å²) in [5, 5.41) is 0. The molecule has 4 nitrogen and oxygen atoms in total. The van der Waals surface area contributed by atoms with Crippen molar-refractivity contribution in [3.05, 3.63) is 0 Å². The predicted molar refractivity (Wildman–Crippen MR) is 65.9 cm³/mol. The second kappa shape index (κ2) is 8.34. The van der Waals surface area contributed by atoms with Crippen molar-refractivity contribution in [3.63, 3.8) is 0 Å². The van der Waals surface area contributed by atoms with E-state index in [1.165, 1.54) is 0 Å². The van der Waals surface area contributed by atoms with Crippen molar-refractivity contribution in [3.8, 4) is 0 Å². The fourth-order valence-electron chi connectivity index (χ4n) is 1.09. The first-order valence-corrected chi connectivity index (χ1v) is 6.44. The van der Waals surface area contributed by atoms with Gasteiger partial charge < -0.3 is 9.47 Å². The van der Waals surface area contributed by atoms with Crippen molar-refractivity contribution in [2.24, 2.45) is 5.41 Å². The molecule has 0 rings (SSSR count). The Balaban J connectivity index is 4.34. The lowest BCUT2D eigenvalue weighted by Crippen LogP contribution is -2.35. The summed E-state index contributed by atoms with van der Waals surface area (Å²) < 4.78 is 10.2. The molecule has 0 fully saturated rings. The number of rotatable bonds is 8. The Morgan fingerprint density at radius 1 is 1.00 bits per heavy atom. The molecule has 0 aliphatic carbocycles. The highest BCUT2D eigenvalue weighted by molar-refractivity contribution is 6.18. The molecule has 0 spiro atoms. The van der Waals surface area contributed by atoms with Gasteiger partial charge >= 0.3 is 11.9 Å². The first-order valence-electron chi connectivity index (χ1n) is 5.90. The van der Waals surface area contributed by atoms with Gasteiger partial charge in [-0.05, 0) is 6.42 Å². The van der Waals surface area contributed by atoms with Crippen LogP contribution in [0.4, 0.5) is 0 Å². The maximum atomic E-state index is 11.1. The molecular formula is C12H21ClO4. The highest BCUT2D eigenvalue weighted by atomic mass is 35.5. The number of carbonyl (C=O) groups is 2. The number of ether oxygens (including phenoxy) is 2. The minimum atomic E-state index is -0.475. The number of hydrogen-bond acceptors (Lipinski definition) is 4. The van der Waals surface area contributed by atoms with E-state index in [2.05, 4.69) is 0 Å². The molecular weight excluding hydrogens is 244 g/mol. The molecule has 0 aromatic heterocycles. The first-order chi connectivity index (χ1) is 8.03. The minimum absolute atomic E-state index is 0.191. The largest absolute Gasteiger partial charge is 0.465 e. The van der Waals surface area contributed by atoms with Crippen LogP contribution in [-0.4, -0.2) is 31.0 Å².